The lowest BCUT2D eigenvalue weighted by Crippen LogP contribution is -2.12. The zero-order valence-corrected chi connectivity index (χ0v) is 8.96. The first-order chi connectivity index (χ1) is 6.36. The molecule has 0 atom stereocenters. The van der Waals surface area contributed by atoms with E-state index in [4.69, 9.17) is 4.74 Å². The molecule has 1 aliphatic carbocycles. The molecule has 76 valence electrons. The number of hydrogen-bond acceptors (Lipinski definition) is 1. The van der Waals surface area contributed by atoms with Crippen molar-refractivity contribution in [2.45, 2.75) is 45.4 Å². The van der Waals surface area contributed by atoms with Crippen LogP contribution in [0.4, 0.5) is 0 Å². The Kier molecular flexibility index (Phi) is 4.95. The van der Waals surface area contributed by atoms with Gasteiger partial charge in [-0.2, -0.15) is 0 Å². The van der Waals surface area contributed by atoms with Crippen molar-refractivity contribution in [3.8, 4) is 0 Å². The fraction of sp³-hybridized carbons (Fsp3) is 0.833. The molecule has 1 nitrogen and oxygen atoms in total. The molecule has 0 amide bonds. The van der Waals surface area contributed by atoms with Gasteiger partial charge in [-0.15, -0.1) is 0 Å². The second-order valence-corrected chi connectivity index (χ2v) is 4.13. The summed E-state index contributed by atoms with van der Waals surface area (Å²) in [5.74, 6) is 1.80. The van der Waals surface area contributed by atoms with Crippen LogP contribution in [-0.2, 0) is 4.74 Å². The molecular weight excluding hydrogens is 160 g/mol. The van der Waals surface area contributed by atoms with E-state index in [1.165, 1.54) is 38.5 Å². The lowest BCUT2D eigenvalue weighted by Gasteiger charge is -2.26. The number of hydrogen-bond donors (Lipinski definition) is 0. The van der Waals surface area contributed by atoms with Crippen LogP contribution in [-0.4, -0.2) is 7.11 Å². The van der Waals surface area contributed by atoms with Gasteiger partial charge in [-0.1, -0.05) is 19.8 Å². The summed E-state index contributed by atoms with van der Waals surface area (Å²) in [6, 6.07) is 0. The van der Waals surface area contributed by atoms with Crippen LogP contribution in [0.15, 0.2) is 12.3 Å². The van der Waals surface area contributed by atoms with Crippen molar-refractivity contribution in [1.29, 1.82) is 0 Å². The van der Waals surface area contributed by atoms with Crippen molar-refractivity contribution < 1.29 is 4.74 Å². The number of ether oxygens (including phenoxy) is 1. The Labute approximate surface area is 82.2 Å². The van der Waals surface area contributed by atoms with E-state index in [0.29, 0.717) is 0 Å². The van der Waals surface area contributed by atoms with Gasteiger partial charge in [-0.05, 0) is 43.6 Å². The summed E-state index contributed by atoms with van der Waals surface area (Å²) in [7, 11) is 1.72. The maximum Gasteiger partial charge on any atom is 0.0787 e. The molecule has 1 saturated carbocycles. The zero-order chi connectivity index (χ0) is 9.52. The molecule has 0 aliphatic heterocycles. The van der Waals surface area contributed by atoms with Crippen LogP contribution in [0.1, 0.15) is 45.4 Å². The molecule has 0 aromatic rings. The summed E-state index contributed by atoms with van der Waals surface area (Å²) in [4.78, 5) is 0. The van der Waals surface area contributed by atoms with E-state index in [-0.39, 0.29) is 0 Å². The Morgan fingerprint density at radius 3 is 2.46 bits per heavy atom. The van der Waals surface area contributed by atoms with Crippen LogP contribution < -0.4 is 0 Å². The molecule has 1 rings (SSSR count). The third-order valence-electron chi connectivity index (χ3n) is 3.08. The normalized spacial score (nSPS) is 29.4. The smallest absolute Gasteiger partial charge is 0.0787 e. The zero-order valence-electron chi connectivity index (χ0n) is 8.96. The summed E-state index contributed by atoms with van der Waals surface area (Å²) >= 11 is 0. The number of methoxy groups -OCH3 is 1. The summed E-state index contributed by atoms with van der Waals surface area (Å²) in [6.07, 6.45) is 12.4. The van der Waals surface area contributed by atoms with Crippen LogP contribution >= 0.6 is 0 Å². The third-order valence-corrected chi connectivity index (χ3v) is 3.08. The highest BCUT2D eigenvalue weighted by Gasteiger charge is 2.18. The molecule has 0 aromatic heterocycles. The average Bonchev–Trinajstić information content (AvgIpc) is 2.17. The average molecular weight is 182 g/mol. The first-order valence-electron chi connectivity index (χ1n) is 5.56. The Morgan fingerprint density at radius 2 is 1.92 bits per heavy atom. The van der Waals surface area contributed by atoms with Crippen LogP contribution in [0.3, 0.4) is 0 Å². The van der Waals surface area contributed by atoms with Gasteiger partial charge in [-0.25, -0.2) is 0 Å². The monoisotopic (exact) mass is 182 g/mol. The quantitative estimate of drug-likeness (QED) is 0.602. The van der Waals surface area contributed by atoms with E-state index in [0.717, 1.165) is 11.8 Å². The van der Waals surface area contributed by atoms with E-state index in [9.17, 15) is 0 Å². The van der Waals surface area contributed by atoms with Gasteiger partial charge in [0.25, 0.3) is 0 Å². The molecular formula is C12H22O. The molecule has 13 heavy (non-hydrogen) atoms. The lowest BCUT2D eigenvalue weighted by atomic mass is 9.80. The van der Waals surface area contributed by atoms with Crippen LogP contribution in [0.25, 0.3) is 0 Å². The minimum atomic E-state index is 0.785. The SMILES string of the molecule is CCCC1CCC(/C=C\OC)CC1. The van der Waals surface area contributed by atoms with E-state index in [2.05, 4.69) is 13.0 Å². The topological polar surface area (TPSA) is 9.23 Å². The maximum atomic E-state index is 4.94. The standard InChI is InChI=1S/C12H22O/c1-3-4-11-5-7-12(8-6-11)9-10-13-2/h9-12H,3-8H2,1-2H3/b10-9-. The molecule has 0 unspecified atom stereocenters. The number of rotatable bonds is 4. The summed E-state index contributed by atoms with van der Waals surface area (Å²) < 4.78 is 4.94. The van der Waals surface area contributed by atoms with Crippen molar-refractivity contribution >= 4 is 0 Å². The highest BCUT2D eigenvalue weighted by Crippen LogP contribution is 2.31. The first kappa shape index (κ1) is 10.6. The molecule has 1 fully saturated rings. The van der Waals surface area contributed by atoms with E-state index in [1.54, 1.807) is 7.11 Å². The van der Waals surface area contributed by atoms with Crippen molar-refractivity contribution in [3.05, 3.63) is 12.3 Å². The molecule has 0 spiro atoms. The largest absolute Gasteiger partial charge is 0.505 e. The predicted octanol–water partition coefficient (Wildman–Crippen LogP) is 3.75. The molecule has 0 heterocycles. The maximum absolute atomic E-state index is 4.94. The van der Waals surface area contributed by atoms with E-state index < -0.39 is 0 Å². The van der Waals surface area contributed by atoms with Crippen molar-refractivity contribution in [1.82, 2.24) is 0 Å². The van der Waals surface area contributed by atoms with Gasteiger partial charge in [0.05, 0.1) is 13.4 Å². The Bertz CT molecular complexity index is 143. The van der Waals surface area contributed by atoms with Crippen molar-refractivity contribution in [3.63, 3.8) is 0 Å². The van der Waals surface area contributed by atoms with Gasteiger partial charge in [0.15, 0.2) is 0 Å². The molecule has 0 aromatic carbocycles. The Balaban J connectivity index is 2.18. The van der Waals surface area contributed by atoms with Gasteiger partial charge in [0, 0.05) is 0 Å². The van der Waals surface area contributed by atoms with E-state index in [1.807, 2.05) is 6.26 Å². The molecule has 0 radical (unpaired) electrons. The number of allylic oxidation sites excluding steroid dienone is 1. The van der Waals surface area contributed by atoms with Gasteiger partial charge >= 0.3 is 0 Å². The minimum Gasteiger partial charge on any atom is -0.505 e. The molecule has 0 bridgehead atoms. The second kappa shape index (κ2) is 6.06. The Morgan fingerprint density at radius 1 is 1.23 bits per heavy atom. The van der Waals surface area contributed by atoms with Crippen LogP contribution in [0.2, 0.25) is 0 Å². The van der Waals surface area contributed by atoms with Gasteiger partial charge in [0.1, 0.15) is 0 Å². The van der Waals surface area contributed by atoms with Gasteiger partial charge in [-0.3, -0.25) is 0 Å². The van der Waals surface area contributed by atoms with Gasteiger partial charge in [0.2, 0.25) is 0 Å². The van der Waals surface area contributed by atoms with Crippen LogP contribution in [0, 0.1) is 11.8 Å². The van der Waals surface area contributed by atoms with E-state index >= 15 is 0 Å². The third kappa shape index (κ3) is 3.84. The fourth-order valence-electron chi connectivity index (χ4n) is 2.27. The highest BCUT2D eigenvalue weighted by atomic mass is 16.5. The van der Waals surface area contributed by atoms with Crippen molar-refractivity contribution in [2.24, 2.45) is 11.8 Å². The molecule has 0 saturated heterocycles. The summed E-state index contributed by atoms with van der Waals surface area (Å²) in [6.45, 7) is 2.29. The fourth-order valence-corrected chi connectivity index (χ4v) is 2.27. The first-order valence-corrected chi connectivity index (χ1v) is 5.56. The second-order valence-electron chi connectivity index (χ2n) is 4.13. The highest BCUT2D eigenvalue weighted by molar-refractivity contribution is 4.86. The molecule has 1 aliphatic rings. The Hall–Kier alpha value is -0.460. The summed E-state index contributed by atoms with van der Waals surface area (Å²) in [5, 5.41) is 0. The summed E-state index contributed by atoms with van der Waals surface area (Å²) in [5.41, 5.74) is 0. The molecule has 0 N–H and O–H groups in total. The molecule has 1 heteroatoms. The minimum absolute atomic E-state index is 0.785. The van der Waals surface area contributed by atoms with Crippen molar-refractivity contribution in [2.75, 3.05) is 7.11 Å². The van der Waals surface area contributed by atoms with Gasteiger partial charge < -0.3 is 4.74 Å². The van der Waals surface area contributed by atoms with Crippen LogP contribution in [0.5, 0.6) is 0 Å². The predicted molar refractivity (Wildman–Crippen MR) is 56.5 cm³/mol. The lowest BCUT2D eigenvalue weighted by molar-refractivity contribution is 0.284.